The normalized spacial score (nSPS) is 21.4. The molecule has 1 aromatic carbocycles. The summed E-state index contributed by atoms with van der Waals surface area (Å²) in [6.07, 6.45) is 1.72. The van der Waals surface area contributed by atoms with Crippen LogP contribution in [-0.2, 0) is 16.7 Å². The number of fused-ring (bicyclic) bond motifs is 1. The van der Waals surface area contributed by atoms with Crippen molar-refractivity contribution < 1.29 is 9.47 Å². The predicted molar refractivity (Wildman–Crippen MR) is 68.5 cm³/mol. The van der Waals surface area contributed by atoms with Gasteiger partial charge < -0.3 is 9.47 Å². The number of aryl methyl sites for hydroxylation is 1. The van der Waals surface area contributed by atoms with E-state index >= 15 is 0 Å². The van der Waals surface area contributed by atoms with E-state index in [1.165, 1.54) is 5.56 Å². The molecule has 96 valence electrons. The van der Waals surface area contributed by atoms with Crippen molar-refractivity contribution in [3.63, 3.8) is 0 Å². The maximum absolute atomic E-state index is 9.53. The van der Waals surface area contributed by atoms with Crippen molar-refractivity contribution in [3.05, 3.63) is 29.3 Å². The van der Waals surface area contributed by atoms with E-state index in [0.717, 1.165) is 24.2 Å². The van der Waals surface area contributed by atoms with E-state index in [-0.39, 0.29) is 0 Å². The van der Waals surface area contributed by atoms with Crippen LogP contribution in [0.4, 0.5) is 0 Å². The first-order valence-corrected chi connectivity index (χ1v) is 6.08. The van der Waals surface area contributed by atoms with Crippen LogP contribution in [0.25, 0.3) is 0 Å². The predicted octanol–water partition coefficient (Wildman–Crippen LogP) is 1.60. The van der Waals surface area contributed by atoms with Crippen molar-refractivity contribution in [2.24, 2.45) is 0 Å². The van der Waals surface area contributed by atoms with Gasteiger partial charge in [-0.3, -0.25) is 5.32 Å². The summed E-state index contributed by atoms with van der Waals surface area (Å²) in [5, 5.41) is 12.8. The molecule has 1 aliphatic carbocycles. The van der Waals surface area contributed by atoms with Gasteiger partial charge in [-0.05, 0) is 36.1 Å². The van der Waals surface area contributed by atoms with Gasteiger partial charge in [0.05, 0.1) is 19.8 Å². The molecular formula is C14H18N2O2. The van der Waals surface area contributed by atoms with Crippen LogP contribution < -0.4 is 10.1 Å². The maximum Gasteiger partial charge on any atom is 0.133 e. The van der Waals surface area contributed by atoms with Gasteiger partial charge in [-0.15, -0.1) is 0 Å². The molecule has 1 N–H and O–H groups in total. The monoisotopic (exact) mass is 246 g/mol. The van der Waals surface area contributed by atoms with E-state index in [9.17, 15) is 5.26 Å². The second-order valence-corrected chi connectivity index (χ2v) is 4.46. The van der Waals surface area contributed by atoms with Crippen LogP contribution in [0.5, 0.6) is 5.75 Å². The van der Waals surface area contributed by atoms with E-state index in [1.54, 1.807) is 14.2 Å². The summed E-state index contributed by atoms with van der Waals surface area (Å²) in [5.74, 6) is 0.795. The summed E-state index contributed by atoms with van der Waals surface area (Å²) in [6, 6.07) is 8.38. The Hall–Kier alpha value is -1.57. The third kappa shape index (κ3) is 2.20. The van der Waals surface area contributed by atoms with Gasteiger partial charge in [-0.25, -0.2) is 0 Å². The maximum atomic E-state index is 9.53. The van der Waals surface area contributed by atoms with Gasteiger partial charge in [0.1, 0.15) is 11.3 Å². The van der Waals surface area contributed by atoms with Crippen LogP contribution in [0.15, 0.2) is 18.2 Å². The fourth-order valence-electron chi connectivity index (χ4n) is 2.46. The van der Waals surface area contributed by atoms with Crippen molar-refractivity contribution in [1.82, 2.24) is 5.32 Å². The Morgan fingerprint density at radius 1 is 1.44 bits per heavy atom. The molecule has 0 amide bonds. The molecule has 0 radical (unpaired) electrons. The molecule has 0 saturated carbocycles. The lowest BCUT2D eigenvalue weighted by Gasteiger charge is -2.24. The average Bonchev–Trinajstić information content (AvgIpc) is 2.78. The lowest BCUT2D eigenvalue weighted by Crippen LogP contribution is -2.40. The van der Waals surface area contributed by atoms with Crippen LogP contribution in [-0.4, -0.2) is 27.4 Å². The molecule has 2 rings (SSSR count). The molecule has 1 aliphatic rings. The zero-order valence-corrected chi connectivity index (χ0v) is 10.8. The summed E-state index contributed by atoms with van der Waals surface area (Å²) in [4.78, 5) is 0. The lowest BCUT2D eigenvalue weighted by molar-refractivity contribution is 0.190. The highest BCUT2D eigenvalue weighted by Crippen LogP contribution is 2.38. The van der Waals surface area contributed by atoms with Crippen LogP contribution >= 0.6 is 0 Å². The molecule has 0 aliphatic heterocycles. The summed E-state index contributed by atoms with van der Waals surface area (Å²) < 4.78 is 10.3. The van der Waals surface area contributed by atoms with E-state index in [4.69, 9.17) is 9.47 Å². The van der Waals surface area contributed by atoms with Crippen LogP contribution in [0, 0.1) is 11.3 Å². The van der Waals surface area contributed by atoms with Crippen molar-refractivity contribution in [2.45, 2.75) is 18.4 Å². The number of nitrogens with zero attached hydrogens (tertiary/aromatic N) is 1. The molecule has 0 heterocycles. The summed E-state index contributed by atoms with van der Waals surface area (Å²) in [5.41, 5.74) is 1.67. The van der Waals surface area contributed by atoms with E-state index in [0.29, 0.717) is 13.2 Å². The zero-order chi connectivity index (χ0) is 13.0. The quantitative estimate of drug-likeness (QED) is 0.802. The number of ether oxygens (including phenoxy) is 2. The minimum Gasteiger partial charge on any atom is -0.497 e. The van der Waals surface area contributed by atoms with E-state index in [2.05, 4.69) is 11.4 Å². The second-order valence-electron chi connectivity index (χ2n) is 4.46. The number of rotatable bonds is 5. The van der Waals surface area contributed by atoms with Crippen molar-refractivity contribution in [2.75, 3.05) is 27.4 Å². The number of hydrogen-bond acceptors (Lipinski definition) is 4. The zero-order valence-electron chi connectivity index (χ0n) is 10.8. The first-order chi connectivity index (χ1) is 8.75. The smallest absolute Gasteiger partial charge is 0.133 e. The van der Waals surface area contributed by atoms with E-state index < -0.39 is 5.54 Å². The molecule has 0 fully saturated rings. The topological polar surface area (TPSA) is 54.3 Å². The van der Waals surface area contributed by atoms with Gasteiger partial charge >= 0.3 is 0 Å². The Balaban J connectivity index is 2.28. The van der Waals surface area contributed by atoms with E-state index in [1.807, 2.05) is 18.2 Å². The highest BCUT2D eigenvalue weighted by Gasteiger charge is 2.38. The molecule has 1 aromatic rings. The van der Waals surface area contributed by atoms with Gasteiger partial charge in [0.15, 0.2) is 0 Å². The van der Waals surface area contributed by atoms with Crippen molar-refractivity contribution in [1.29, 1.82) is 5.26 Å². The van der Waals surface area contributed by atoms with Gasteiger partial charge in [0, 0.05) is 13.7 Å². The average molecular weight is 246 g/mol. The highest BCUT2D eigenvalue weighted by molar-refractivity contribution is 5.47. The number of hydrogen-bond donors (Lipinski definition) is 1. The largest absolute Gasteiger partial charge is 0.497 e. The van der Waals surface area contributed by atoms with Crippen LogP contribution in [0.1, 0.15) is 17.5 Å². The molecule has 0 saturated heterocycles. The first kappa shape index (κ1) is 12.9. The Morgan fingerprint density at radius 3 is 2.94 bits per heavy atom. The minimum absolute atomic E-state index is 0.595. The molecule has 1 unspecified atom stereocenters. The first-order valence-electron chi connectivity index (χ1n) is 6.08. The number of nitrogens with one attached hydrogen (secondary N) is 1. The third-order valence-corrected chi connectivity index (χ3v) is 3.47. The Kier molecular flexibility index (Phi) is 3.85. The third-order valence-electron chi connectivity index (χ3n) is 3.47. The van der Waals surface area contributed by atoms with Gasteiger partial charge in [0.25, 0.3) is 0 Å². The molecule has 4 heteroatoms. The molecule has 18 heavy (non-hydrogen) atoms. The minimum atomic E-state index is -0.595. The molecule has 0 bridgehead atoms. The number of methoxy groups -OCH3 is 2. The number of nitriles is 1. The lowest BCUT2D eigenvalue weighted by atomic mass is 9.93. The number of benzene rings is 1. The fourth-order valence-corrected chi connectivity index (χ4v) is 2.46. The fraction of sp³-hybridized carbons (Fsp3) is 0.500. The van der Waals surface area contributed by atoms with Gasteiger partial charge in [-0.1, -0.05) is 6.07 Å². The SMILES string of the molecule is COCCNC1(C#N)CCc2ccc(OC)cc21. The second kappa shape index (κ2) is 5.38. The molecule has 0 spiro atoms. The Labute approximate surface area is 108 Å². The molecule has 0 aromatic heterocycles. The van der Waals surface area contributed by atoms with Crippen molar-refractivity contribution in [3.8, 4) is 11.8 Å². The molecule has 1 atom stereocenters. The summed E-state index contributed by atoms with van der Waals surface area (Å²) in [7, 11) is 3.30. The molecular weight excluding hydrogens is 228 g/mol. The molecule has 4 nitrogen and oxygen atoms in total. The Bertz CT molecular complexity index is 467. The Morgan fingerprint density at radius 2 is 2.28 bits per heavy atom. The highest BCUT2D eigenvalue weighted by atomic mass is 16.5. The standard InChI is InChI=1S/C14H18N2O2/c1-17-8-7-16-14(10-15)6-5-11-3-4-12(18-2)9-13(11)14/h3-4,9,16H,5-8H2,1-2H3. The van der Waals surface area contributed by atoms with Gasteiger partial charge in [-0.2, -0.15) is 5.26 Å². The summed E-state index contributed by atoms with van der Waals surface area (Å²) >= 11 is 0. The van der Waals surface area contributed by atoms with Crippen LogP contribution in [0.2, 0.25) is 0 Å². The van der Waals surface area contributed by atoms with Gasteiger partial charge in [0.2, 0.25) is 0 Å². The van der Waals surface area contributed by atoms with Crippen LogP contribution in [0.3, 0.4) is 0 Å². The van der Waals surface area contributed by atoms with Crippen molar-refractivity contribution >= 4 is 0 Å². The summed E-state index contributed by atoms with van der Waals surface area (Å²) in [6.45, 7) is 1.27.